The molecule has 0 saturated carbocycles. The summed E-state index contributed by atoms with van der Waals surface area (Å²) in [5.74, 6) is -1.19. The molecule has 0 bridgehead atoms. The van der Waals surface area contributed by atoms with Crippen molar-refractivity contribution in [3.05, 3.63) is 28.8 Å². The Bertz CT molecular complexity index is 648. The predicted octanol–water partition coefficient (Wildman–Crippen LogP) is 1.44. The van der Waals surface area contributed by atoms with E-state index < -0.39 is 21.5 Å². The van der Waals surface area contributed by atoms with E-state index in [4.69, 9.17) is 5.11 Å². The fourth-order valence-corrected chi connectivity index (χ4v) is 3.64. The SMILES string of the molecule is CCC(C)(CO)NS(=O)(=O)c1cc(C(=O)O)cc(C)c1C. The molecule has 1 aromatic carbocycles. The van der Waals surface area contributed by atoms with Gasteiger partial charge in [0.05, 0.1) is 22.6 Å². The van der Waals surface area contributed by atoms with Gasteiger partial charge in [0.25, 0.3) is 0 Å². The van der Waals surface area contributed by atoms with E-state index in [-0.39, 0.29) is 17.1 Å². The summed E-state index contributed by atoms with van der Waals surface area (Å²) in [5, 5.41) is 18.4. The van der Waals surface area contributed by atoms with Crippen molar-refractivity contribution in [2.24, 2.45) is 0 Å². The summed E-state index contributed by atoms with van der Waals surface area (Å²) in [6.45, 7) is 6.28. The highest BCUT2D eigenvalue weighted by molar-refractivity contribution is 7.89. The van der Waals surface area contributed by atoms with Gasteiger partial charge in [0.15, 0.2) is 0 Å². The summed E-state index contributed by atoms with van der Waals surface area (Å²) in [5.41, 5.74) is 0.000311. The Balaban J connectivity index is 3.41. The number of aliphatic hydroxyl groups excluding tert-OH is 1. The van der Waals surface area contributed by atoms with Gasteiger partial charge in [0, 0.05) is 0 Å². The number of aromatic carboxylic acids is 1. The Kier molecular flexibility index (Phi) is 5.14. The molecule has 1 rings (SSSR count). The van der Waals surface area contributed by atoms with E-state index >= 15 is 0 Å². The lowest BCUT2D eigenvalue weighted by Gasteiger charge is -2.27. The minimum absolute atomic E-state index is 0.0759. The van der Waals surface area contributed by atoms with Crippen LogP contribution in [0, 0.1) is 13.8 Å². The number of aryl methyl sites for hydroxylation is 1. The fraction of sp³-hybridized carbons (Fsp3) is 0.500. The van der Waals surface area contributed by atoms with Gasteiger partial charge in [0.1, 0.15) is 0 Å². The second-order valence-electron chi connectivity index (χ2n) is 5.40. The molecule has 3 N–H and O–H groups in total. The number of sulfonamides is 1. The molecule has 6 nitrogen and oxygen atoms in total. The minimum atomic E-state index is -3.92. The second-order valence-corrected chi connectivity index (χ2v) is 7.05. The first-order valence-electron chi connectivity index (χ1n) is 6.55. The summed E-state index contributed by atoms with van der Waals surface area (Å²) < 4.78 is 27.4. The molecule has 0 aliphatic carbocycles. The van der Waals surface area contributed by atoms with E-state index in [1.165, 1.54) is 6.07 Å². The van der Waals surface area contributed by atoms with Crippen LogP contribution in [0.2, 0.25) is 0 Å². The monoisotopic (exact) mass is 315 g/mol. The van der Waals surface area contributed by atoms with Crippen molar-refractivity contribution in [1.29, 1.82) is 0 Å². The van der Waals surface area contributed by atoms with E-state index in [0.717, 1.165) is 6.07 Å². The lowest BCUT2D eigenvalue weighted by molar-refractivity contribution is 0.0696. The molecule has 21 heavy (non-hydrogen) atoms. The minimum Gasteiger partial charge on any atom is -0.478 e. The quantitative estimate of drug-likeness (QED) is 0.737. The molecule has 118 valence electrons. The number of rotatable bonds is 6. The van der Waals surface area contributed by atoms with E-state index in [2.05, 4.69) is 4.72 Å². The second kappa shape index (κ2) is 6.13. The smallest absolute Gasteiger partial charge is 0.335 e. The third-order valence-corrected chi connectivity index (χ3v) is 5.43. The zero-order valence-corrected chi connectivity index (χ0v) is 13.4. The molecule has 0 saturated heterocycles. The van der Waals surface area contributed by atoms with Crippen LogP contribution in [0.4, 0.5) is 0 Å². The van der Waals surface area contributed by atoms with Crippen molar-refractivity contribution >= 4 is 16.0 Å². The van der Waals surface area contributed by atoms with Gasteiger partial charge in [-0.25, -0.2) is 17.9 Å². The van der Waals surface area contributed by atoms with Crippen molar-refractivity contribution in [1.82, 2.24) is 4.72 Å². The van der Waals surface area contributed by atoms with Crippen molar-refractivity contribution in [3.8, 4) is 0 Å². The van der Waals surface area contributed by atoms with Crippen LogP contribution in [0.5, 0.6) is 0 Å². The van der Waals surface area contributed by atoms with Gasteiger partial charge in [-0.05, 0) is 50.5 Å². The first kappa shape index (κ1) is 17.6. The third-order valence-electron chi connectivity index (χ3n) is 3.67. The molecule has 0 aromatic heterocycles. The maximum absolute atomic E-state index is 12.5. The van der Waals surface area contributed by atoms with Gasteiger partial charge in [-0.3, -0.25) is 0 Å². The van der Waals surface area contributed by atoms with Gasteiger partial charge >= 0.3 is 5.97 Å². The molecule has 1 unspecified atom stereocenters. The van der Waals surface area contributed by atoms with E-state index in [1.54, 1.807) is 27.7 Å². The third kappa shape index (κ3) is 3.81. The van der Waals surface area contributed by atoms with Gasteiger partial charge < -0.3 is 10.2 Å². The molecule has 7 heteroatoms. The van der Waals surface area contributed by atoms with Crippen molar-refractivity contribution in [2.45, 2.75) is 44.6 Å². The molecule has 0 fully saturated rings. The Labute approximate surface area is 124 Å². The number of carboxylic acid groups (broad SMARTS) is 1. The first-order chi connectivity index (χ1) is 9.56. The van der Waals surface area contributed by atoms with Crippen LogP contribution in [0.3, 0.4) is 0 Å². The highest BCUT2D eigenvalue weighted by Gasteiger charge is 2.30. The fourth-order valence-electron chi connectivity index (χ4n) is 1.83. The molecule has 0 spiro atoms. The van der Waals surface area contributed by atoms with Crippen molar-refractivity contribution in [3.63, 3.8) is 0 Å². The van der Waals surface area contributed by atoms with Crippen molar-refractivity contribution < 1.29 is 23.4 Å². The van der Waals surface area contributed by atoms with Crippen molar-refractivity contribution in [2.75, 3.05) is 6.61 Å². The zero-order valence-electron chi connectivity index (χ0n) is 12.6. The molecular weight excluding hydrogens is 294 g/mol. The van der Waals surface area contributed by atoms with Gasteiger partial charge in [-0.2, -0.15) is 0 Å². The van der Waals surface area contributed by atoms with Crippen LogP contribution in [0.1, 0.15) is 41.8 Å². The number of carbonyl (C=O) groups is 1. The van der Waals surface area contributed by atoms with Crippen LogP contribution in [-0.2, 0) is 10.0 Å². The Morgan fingerprint density at radius 2 is 1.90 bits per heavy atom. The number of carboxylic acids is 1. The molecule has 1 atom stereocenters. The highest BCUT2D eigenvalue weighted by atomic mass is 32.2. The lowest BCUT2D eigenvalue weighted by atomic mass is 10.0. The largest absolute Gasteiger partial charge is 0.478 e. The summed E-state index contributed by atoms with van der Waals surface area (Å²) in [6.07, 6.45) is 0.402. The highest BCUT2D eigenvalue weighted by Crippen LogP contribution is 2.23. The number of hydrogen-bond acceptors (Lipinski definition) is 4. The van der Waals surface area contributed by atoms with Crippen LogP contribution in [-0.4, -0.2) is 36.7 Å². The number of benzene rings is 1. The summed E-state index contributed by atoms with van der Waals surface area (Å²) >= 11 is 0. The number of aliphatic hydroxyl groups is 1. The van der Waals surface area contributed by atoms with Crippen LogP contribution >= 0.6 is 0 Å². The maximum atomic E-state index is 12.5. The normalized spacial score (nSPS) is 14.7. The molecule has 0 aliphatic heterocycles. The number of hydrogen-bond donors (Lipinski definition) is 3. The molecule has 0 aliphatic rings. The average Bonchev–Trinajstić information content (AvgIpc) is 2.40. The molecule has 0 amide bonds. The Morgan fingerprint density at radius 3 is 2.33 bits per heavy atom. The standard InChI is InChI=1S/C14H21NO5S/c1-5-14(4,8-16)15-21(19,20)12-7-11(13(17)18)6-9(2)10(12)3/h6-7,15-16H,5,8H2,1-4H3,(H,17,18). The Morgan fingerprint density at radius 1 is 1.33 bits per heavy atom. The lowest BCUT2D eigenvalue weighted by Crippen LogP contribution is -2.48. The summed E-state index contributed by atoms with van der Waals surface area (Å²) in [7, 11) is -3.92. The van der Waals surface area contributed by atoms with Crippen LogP contribution < -0.4 is 4.72 Å². The first-order valence-corrected chi connectivity index (χ1v) is 8.04. The number of nitrogens with one attached hydrogen (secondary N) is 1. The maximum Gasteiger partial charge on any atom is 0.335 e. The van der Waals surface area contributed by atoms with Gasteiger partial charge in [0.2, 0.25) is 10.0 Å². The predicted molar refractivity (Wildman–Crippen MR) is 79.0 cm³/mol. The molecule has 0 radical (unpaired) electrons. The van der Waals surface area contributed by atoms with Gasteiger partial charge in [-0.15, -0.1) is 0 Å². The molecular formula is C14H21NO5S. The molecule has 0 heterocycles. The van der Waals surface area contributed by atoms with E-state index in [9.17, 15) is 18.3 Å². The topological polar surface area (TPSA) is 104 Å². The van der Waals surface area contributed by atoms with E-state index in [1.807, 2.05) is 0 Å². The van der Waals surface area contributed by atoms with E-state index in [0.29, 0.717) is 17.5 Å². The summed E-state index contributed by atoms with van der Waals surface area (Å²) in [6, 6.07) is 2.57. The molecule has 1 aromatic rings. The Hall–Kier alpha value is -1.44. The average molecular weight is 315 g/mol. The van der Waals surface area contributed by atoms with Crippen LogP contribution in [0.25, 0.3) is 0 Å². The summed E-state index contributed by atoms with van der Waals surface area (Å²) in [4.78, 5) is 11.0. The van der Waals surface area contributed by atoms with Crippen LogP contribution in [0.15, 0.2) is 17.0 Å². The van der Waals surface area contributed by atoms with Gasteiger partial charge in [-0.1, -0.05) is 6.92 Å². The zero-order chi connectivity index (χ0) is 16.4.